The molecule has 130 valence electrons. The maximum Gasteiger partial charge on any atom is 0.261 e. The number of nitrogens with zero attached hydrogens (tertiary/aromatic N) is 2. The number of para-hydroxylation sites is 1. The SMILES string of the molecule is O=C(Nc1cn[nH]c1-c1nc2c(Cl)cccc2[nH]1)c1c(F)cccc1F. The van der Waals surface area contributed by atoms with Crippen LogP contribution in [-0.2, 0) is 0 Å². The van der Waals surface area contributed by atoms with Crippen LogP contribution >= 0.6 is 11.6 Å². The highest BCUT2D eigenvalue weighted by atomic mass is 35.5. The van der Waals surface area contributed by atoms with Crippen LogP contribution in [0.3, 0.4) is 0 Å². The number of hydrogen-bond acceptors (Lipinski definition) is 3. The van der Waals surface area contributed by atoms with Crippen LogP contribution in [-0.4, -0.2) is 26.1 Å². The van der Waals surface area contributed by atoms with E-state index in [1.54, 1.807) is 18.2 Å². The van der Waals surface area contributed by atoms with Crippen LogP contribution in [0.2, 0.25) is 5.02 Å². The number of rotatable bonds is 3. The Morgan fingerprint density at radius 2 is 1.85 bits per heavy atom. The van der Waals surface area contributed by atoms with E-state index in [9.17, 15) is 13.6 Å². The van der Waals surface area contributed by atoms with Gasteiger partial charge in [-0.25, -0.2) is 13.8 Å². The van der Waals surface area contributed by atoms with Crippen molar-refractivity contribution >= 4 is 34.2 Å². The highest BCUT2D eigenvalue weighted by Gasteiger charge is 2.20. The van der Waals surface area contributed by atoms with Crippen LogP contribution in [0.4, 0.5) is 14.5 Å². The number of fused-ring (bicyclic) bond motifs is 1. The van der Waals surface area contributed by atoms with Crippen molar-refractivity contribution in [1.82, 2.24) is 20.2 Å². The normalized spacial score (nSPS) is 11.0. The number of hydrogen-bond donors (Lipinski definition) is 3. The molecule has 0 radical (unpaired) electrons. The Kier molecular flexibility index (Phi) is 3.89. The summed E-state index contributed by atoms with van der Waals surface area (Å²) in [6.07, 6.45) is 1.32. The summed E-state index contributed by atoms with van der Waals surface area (Å²) in [6.45, 7) is 0. The standard InChI is InChI=1S/C17H10ClF2N5O/c18-8-3-1-6-11-14(8)24-16(22-11)15-12(7-21-25-15)23-17(26)13-9(19)4-2-5-10(13)20/h1-7H,(H,21,25)(H,22,24)(H,23,26). The molecule has 1 amide bonds. The van der Waals surface area contributed by atoms with Crippen LogP contribution < -0.4 is 5.32 Å². The largest absolute Gasteiger partial charge is 0.337 e. The van der Waals surface area contributed by atoms with Gasteiger partial charge in [-0.15, -0.1) is 0 Å². The second-order valence-corrected chi connectivity index (χ2v) is 5.84. The molecule has 2 heterocycles. The third kappa shape index (κ3) is 2.70. The van der Waals surface area contributed by atoms with Crippen molar-refractivity contribution in [2.45, 2.75) is 0 Å². The minimum absolute atomic E-state index is 0.216. The molecule has 0 aliphatic heterocycles. The summed E-state index contributed by atoms with van der Waals surface area (Å²) in [6, 6.07) is 8.46. The first-order chi connectivity index (χ1) is 12.5. The van der Waals surface area contributed by atoms with Crippen LogP contribution in [0, 0.1) is 11.6 Å². The summed E-state index contributed by atoms with van der Waals surface area (Å²) in [5.74, 6) is -2.47. The first kappa shape index (κ1) is 16.2. The van der Waals surface area contributed by atoms with Crippen molar-refractivity contribution in [3.05, 3.63) is 64.8 Å². The molecule has 26 heavy (non-hydrogen) atoms. The maximum absolute atomic E-state index is 13.8. The van der Waals surface area contributed by atoms with E-state index in [0.29, 0.717) is 27.6 Å². The van der Waals surface area contributed by atoms with E-state index < -0.39 is 23.1 Å². The van der Waals surface area contributed by atoms with Crippen molar-refractivity contribution in [3.8, 4) is 11.5 Å². The van der Waals surface area contributed by atoms with Gasteiger partial charge in [0.05, 0.1) is 22.4 Å². The first-order valence-corrected chi connectivity index (χ1v) is 7.85. The van der Waals surface area contributed by atoms with Crippen LogP contribution in [0.25, 0.3) is 22.6 Å². The Labute approximate surface area is 150 Å². The maximum atomic E-state index is 13.8. The zero-order valence-electron chi connectivity index (χ0n) is 13.0. The van der Waals surface area contributed by atoms with Gasteiger partial charge in [0.25, 0.3) is 5.91 Å². The quantitative estimate of drug-likeness (QED) is 0.504. The molecule has 0 saturated carbocycles. The second kappa shape index (κ2) is 6.23. The summed E-state index contributed by atoms with van der Waals surface area (Å²) in [5, 5.41) is 9.46. The van der Waals surface area contributed by atoms with E-state index >= 15 is 0 Å². The molecular weight excluding hydrogens is 364 g/mol. The molecule has 4 aromatic rings. The topological polar surface area (TPSA) is 86.5 Å². The Hall–Kier alpha value is -3.26. The van der Waals surface area contributed by atoms with Crippen molar-refractivity contribution < 1.29 is 13.6 Å². The third-order valence-electron chi connectivity index (χ3n) is 3.78. The summed E-state index contributed by atoms with van der Waals surface area (Å²) in [7, 11) is 0. The molecule has 9 heteroatoms. The van der Waals surface area contributed by atoms with Gasteiger partial charge < -0.3 is 10.3 Å². The number of imidazole rings is 1. The van der Waals surface area contributed by atoms with Crippen molar-refractivity contribution in [2.24, 2.45) is 0 Å². The fourth-order valence-electron chi connectivity index (χ4n) is 2.58. The van der Waals surface area contributed by atoms with Gasteiger partial charge in [0, 0.05) is 0 Å². The molecule has 0 atom stereocenters. The smallest absolute Gasteiger partial charge is 0.261 e. The molecule has 6 nitrogen and oxygen atoms in total. The lowest BCUT2D eigenvalue weighted by Gasteiger charge is -2.06. The minimum atomic E-state index is -0.955. The van der Waals surface area contributed by atoms with Gasteiger partial charge in [0.15, 0.2) is 5.82 Å². The zero-order valence-corrected chi connectivity index (χ0v) is 13.7. The van der Waals surface area contributed by atoms with E-state index in [1.165, 1.54) is 12.3 Å². The fraction of sp³-hybridized carbons (Fsp3) is 0. The van der Waals surface area contributed by atoms with Crippen LogP contribution in [0.1, 0.15) is 10.4 Å². The molecule has 2 aromatic carbocycles. The lowest BCUT2D eigenvalue weighted by atomic mass is 10.2. The lowest BCUT2D eigenvalue weighted by Crippen LogP contribution is -2.16. The predicted molar refractivity (Wildman–Crippen MR) is 93.0 cm³/mol. The predicted octanol–water partition coefficient (Wildman–Crippen LogP) is 4.14. The van der Waals surface area contributed by atoms with E-state index in [-0.39, 0.29) is 5.69 Å². The van der Waals surface area contributed by atoms with Gasteiger partial charge in [-0.1, -0.05) is 23.7 Å². The molecule has 0 spiro atoms. The van der Waals surface area contributed by atoms with Gasteiger partial charge in [0.1, 0.15) is 28.4 Å². The monoisotopic (exact) mass is 373 g/mol. The van der Waals surface area contributed by atoms with Crippen molar-refractivity contribution in [2.75, 3.05) is 5.32 Å². The lowest BCUT2D eigenvalue weighted by molar-refractivity contribution is 0.101. The van der Waals surface area contributed by atoms with Crippen molar-refractivity contribution in [3.63, 3.8) is 0 Å². The molecule has 0 aliphatic rings. The van der Waals surface area contributed by atoms with E-state index in [2.05, 4.69) is 25.5 Å². The molecule has 0 unspecified atom stereocenters. The zero-order chi connectivity index (χ0) is 18.3. The Balaban J connectivity index is 1.71. The highest BCUT2D eigenvalue weighted by Crippen LogP contribution is 2.28. The number of aromatic amines is 2. The van der Waals surface area contributed by atoms with Crippen LogP contribution in [0.15, 0.2) is 42.6 Å². The number of aromatic nitrogens is 4. The minimum Gasteiger partial charge on any atom is -0.337 e. The van der Waals surface area contributed by atoms with Crippen LogP contribution in [0.5, 0.6) is 0 Å². The van der Waals surface area contributed by atoms with Gasteiger partial charge in [-0.3, -0.25) is 9.89 Å². The molecule has 0 bridgehead atoms. The summed E-state index contributed by atoms with van der Waals surface area (Å²) < 4.78 is 27.6. The van der Waals surface area contributed by atoms with Gasteiger partial charge in [-0.05, 0) is 24.3 Å². The molecule has 0 saturated heterocycles. The Morgan fingerprint density at radius 1 is 1.12 bits per heavy atom. The van der Waals surface area contributed by atoms with E-state index in [0.717, 1.165) is 12.1 Å². The average molecular weight is 374 g/mol. The molecule has 3 N–H and O–H groups in total. The number of nitrogens with one attached hydrogen (secondary N) is 3. The highest BCUT2D eigenvalue weighted by molar-refractivity contribution is 6.35. The Morgan fingerprint density at radius 3 is 2.58 bits per heavy atom. The number of benzene rings is 2. The summed E-state index contributed by atoms with van der Waals surface area (Å²) in [4.78, 5) is 19.7. The average Bonchev–Trinajstić information content (AvgIpc) is 3.21. The van der Waals surface area contributed by atoms with Gasteiger partial charge in [0.2, 0.25) is 0 Å². The first-order valence-electron chi connectivity index (χ1n) is 7.48. The Bertz CT molecular complexity index is 1120. The number of amides is 1. The van der Waals surface area contributed by atoms with Crippen molar-refractivity contribution in [1.29, 1.82) is 0 Å². The molecule has 2 aromatic heterocycles. The molecule has 0 fully saturated rings. The van der Waals surface area contributed by atoms with Gasteiger partial charge in [-0.2, -0.15) is 5.10 Å². The summed E-state index contributed by atoms with van der Waals surface area (Å²) >= 11 is 6.11. The summed E-state index contributed by atoms with van der Waals surface area (Å²) in [5.41, 5.74) is 1.14. The third-order valence-corrected chi connectivity index (χ3v) is 4.08. The molecule has 0 aliphatic carbocycles. The number of carbonyl (C=O) groups excluding carboxylic acids is 1. The fourth-order valence-corrected chi connectivity index (χ4v) is 2.79. The van der Waals surface area contributed by atoms with Gasteiger partial charge >= 0.3 is 0 Å². The number of H-pyrrole nitrogens is 2. The second-order valence-electron chi connectivity index (χ2n) is 5.43. The molecular formula is C17H10ClF2N5O. The number of halogens is 3. The van der Waals surface area contributed by atoms with E-state index in [1.807, 2.05) is 0 Å². The number of anilines is 1. The number of carbonyl (C=O) groups is 1. The van der Waals surface area contributed by atoms with E-state index in [4.69, 9.17) is 11.6 Å². The molecule has 4 rings (SSSR count).